The van der Waals surface area contributed by atoms with Crippen molar-refractivity contribution in [2.45, 2.75) is 17.6 Å². The minimum absolute atomic E-state index is 0.0310. The number of hydrogen-bond acceptors (Lipinski definition) is 5. The van der Waals surface area contributed by atoms with Crippen LogP contribution in [0.15, 0.2) is 9.59 Å². The van der Waals surface area contributed by atoms with Crippen molar-refractivity contribution in [2.75, 3.05) is 19.8 Å². The van der Waals surface area contributed by atoms with Crippen LogP contribution in [0.3, 0.4) is 0 Å². The summed E-state index contributed by atoms with van der Waals surface area (Å²) in [6.45, 7) is 3.51. The lowest BCUT2D eigenvalue weighted by Crippen LogP contribution is -2.29. The first-order valence-corrected chi connectivity index (χ1v) is 8.97. The number of ether oxygens (including phenoxy) is 1. The number of halogens is 1. The molecule has 0 aromatic carbocycles. The van der Waals surface area contributed by atoms with Crippen molar-refractivity contribution < 1.29 is 17.9 Å². The highest BCUT2D eigenvalue weighted by Crippen LogP contribution is 2.29. The van der Waals surface area contributed by atoms with E-state index in [1.807, 2.05) is 0 Å². The van der Waals surface area contributed by atoms with Gasteiger partial charge in [-0.15, -0.1) is 11.3 Å². The van der Waals surface area contributed by atoms with Crippen molar-refractivity contribution in [1.29, 1.82) is 0 Å². The summed E-state index contributed by atoms with van der Waals surface area (Å²) in [5.74, 6) is 0.0614. The Balaban J connectivity index is 2.05. The van der Waals surface area contributed by atoms with Crippen LogP contribution in [0.1, 0.15) is 22.3 Å². The van der Waals surface area contributed by atoms with Crippen molar-refractivity contribution in [3.8, 4) is 0 Å². The van der Waals surface area contributed by atoms with E-state index in [4.69, 9.17) is 15.4 Å². The Morgan fingerprint density at radius 3 is 2.89 bits per heavy atom. The van der Waals surface area contributed by atoms with Crippen LogP contribution < -0.4 is 5.32 Å². The molecule has 1 saturated heterocycles. The summed E-state index contributed by atoms with van der Waals surface area (Å²) < 4.78 is 27.8. The van der Waals surface area contributed by atoms with Gasteiger partial charge in [0.05, 0.1) is 12.2 Å². The van der Waals surface area contributed by atoms with Crippen molar-refractivity contribution in [3.63, 3.8) is 0 Å². The third kappa shape index (κ3) is 3.47. The third-order valence-electron chi connectivity index (χ3n) is 3.04. The van der Waals surface area contributed by atoms with Crippen LogP contribution >= 0.6 is 22.0 Å². The minimum Gasteiger partial charge on any atom is -0.381 e. The Kier molecular flexibility index (Phi) is 4.50. The van der Waals surface area contributed by atoms with E-state index >= 15 is 0 Å². The molecule has 1 aromatic heterocycles. The molecule has 0 radical (unpaired) electrons. The van der Waals surface area contributed by atoms with Crippen LogP contribution in [0.2, 0.25) is 0 Å². The number of hydrogen-bond donors (Lipinski definition) is 1. The summed E-state index contributed by atoms with van der Waals surface area (Å²) >= 11 is 0.964. The summed E-state index contributed by atoms with van der Waals surface area (Å²) in [5, 5.41) is 4.32. The van der Waals surface area contributed by atoms with Crippen molar-refractivity contribution in [3.05, 3.63) is 16.5 Å². The van der Waals surface area contributed by atoms with E-state index in [1.165, 1.54) is 5.38 Å². The number of nitrogens with one attached hydrogen (secondary N) is 1. The molecular formula is C11H14ClNO4S2. The van der Waals surface area contributed by atoms with Crippen molar-refractivity contribution in [1.82, 2.24) is 5.32 Å². The van der Waals surface area contributed by atoms with Gasteiger partial charge in [-0.25, -0.2) is 8.42 Å². The van der Waals surface area contributed by atoms with Crippen molar-refractivity contribution >= 4 is 37.0 Å². The Labute approximate surface area is 120 Å². The summed E-state index contributed by atoms with van der Waals surface area (Å²) in [4.78, 5) is 12.0. The van der Waals surface area contributed by atoms with Gasteiger partial charge in [-0.2, -0.15) is 0 Å². The zero-order valence-corrected chi connectivity index (χ0v) is 12.7. The Bertz CT molecular complexity index is 576. The van der Waals surface area contributed by atoms with Crippen LogP contribution in [0.25, 0.3) is 0 Å². The molecule has 1 amide bonds. The van der Waals surface area contributed by atoms with E-state index in [1.54, 1.807) is 6.92 Å². The third-order valence-corrected chi connectivity index (χ3v) is 6.34. The molecule has 1 unspecified atom stereocenters. The van der Waals surface area contributed by atoms with Gasteiger partial charge >= 0.3 is 0 Å². The molecule has 106 valence electrons. The summed E-state index contributed by atoms with van der Waals surface area (Å²) in [6, 6.07) is 0. The van der Waals surface area contributed by atoms with Gasteiger partial charge in [0.15, 0.2) is 0 Å². The van der Waals surface area contributed by atoms with Gasteiger partial charge in [0.25, 0.3) is 15.0 Å². The average Bonchev–Trinajstić information content (AvgIpc) is 2.93. The normalized spacial score (nSPS) is 19.6. The Morgan fingerprint density at radius 1 is 1.63 bits per heavy atom. The first kappa shape index (κ1) is 14.8. The molecule has 1 aliphatic rings. The number of rotatable bonds is 4. The highest BCUT2D eigenvalue weighted by molar-refractivity contribution is 8.15. The predicted octanol–water partition coefficient (Wildman–Crippen LogP) is 1.75. The number of carbonyl (C=O) groups is 1. The second kappa shape index (κ2) is 5.78. The fourth-order valence-corrected chi connectivity index (χ4v) is 4.49. The Hall–Kier alpha value is -0.630. The lowest BCUT2D eigenvalue weighted by Gasteiger charge is -2.09. The molecule has 0 saturated carbocycles. The molecule has 1 fully saturated rings. The van der Waals surface area contributed by atoms with E-state index in [9.17, 15) is 13.2 Å². The van der Waals surface area contributed by atoms with E-state index in [0.717, 1.165) is 24.4 Å². The molecular weight excluding hydrogens is 310 g/mol. The maximum absolute atomic E-state index is 12.0. The molecule has 1 aliphatic heterocycles. The molecule has 8 heteroatoms. The van der Waals surface area contributed by atoms with Crippen LogP contribution in [-0.2, 0) is 13.8 Å². The van der Waals surface area contributed by atoms with Gasteiger partial charge in [0, 0.05) is 35.1 Å². The summed E-state index contributed by atoms with van der Waals surface area (Å²) in [7, 11) is 1.51. The summed E-state index contributed by atoms with van der Waals surface area (Å²) in [6.07, 6.45) is 0.935. The zero-order valence-electron chi connectivity index (χ0n) is 10.3. The number of carbonyl (C=O) groups excluding carboxylic acids is 1. The predicted molar refractivity (Wildman–Crippen MR) is 73.4 cm³/mol. The summed E-state index contributed by atoms with van der Waals surface area (Å²) in [5.41, 5.74) is 0.767. The van der Waals surface area contributed by atoms with Gasteiger partial charge in [0.2, 0.25) is 0 Å². The quantitative estimate of drug-likeness (QED) is 0.857. The van der Waals surface area contributed by atoms with Gasteiger partial charge < -0.3 is 10.1 Å². The molecule has 2 heterocycles. The highest BCUT2D eigenvalue weighted by atomic mass is 35.7. The van der Waals surface area contributed by atoms with Gasteiger partial charge in [-0.3, -0.25) is 4.79 Å². The lowest BCUT2D eigenvalue weighted by molar-refractivity contribution is 0.0944. The SMILES string of the molecule is Cc1c(C(=O)NCC2CCOC2)csc1S(=O)(=O)Cl. The maximum Gasteiger partial charge on any atom is 0.271 e. The molecule has 5 nitrogen and oxygen atoms in total. The molecule has 0 aliphatic carbocycles. The van der Waals surface area contributed by atoms with Gasteiger partial charge in [0.1, 0.15) is 4.21 Å². The molecule has 0 bridgehead atoms. The lowest BCUT2D eigenvalue weighted by atomic mass is 10.1. The first-order valence-electron chi connectivity index (χ1n) is 5.78. The van der Waals surface area contributed by atoms with E-state index in [2.05, 4.69) is 5.32 Å². The number of amides is 1. The second-order valence-electron chi connectivity index (χ2n) is 4.44. The van der Waals surface area contributed by atoms with Crippen LogP contribution in [0.4, 0.5) is 0 Å². The van der Waals surface area contributed by atoms with Crippen LogP contribution in [-0.4, -0.2) is 34.1 Å². The maximum atomic E-state index is 12.0. The smallest absolute Gasteiger partial charge is 0.271 e. The van der Waals surface area contributed by atoms with E-state index in [-0.39, 0.29) is 10.1 Å². The minimum atomic E-state index is -3.79. The van der Waals surface area contributed by atoms with E-state index in [0.29, 0.717) is 30.2 Å². The molecule has 1 N–H and O–H groups in total. The molecule has 19 heavy (non-hydrogen) atoms. The second-order valence-corrected chi connectivity index (χ2v) is 8.08. The standard InChI is InChI=1S/C11H14ClNO4S2/c1-7-9(6-18-11(7)19(12,15)16)10(14)13-4-8-2-3-17-5-8/h6,8H,2-5H2,1H3,(H,13,14). The fraction of sp³-hybridized carbons (Fsp3) is 0.545. The number of thiophene rings is 1. The van der Waals surface area contributed by atoms with Gasteiger partial charge in [-0.1, -0.05) is 0 Å². The topological polar surface area (TPSA) is 72.5 Å². The molecule has 0 spiro atoms. The molecule has 1 atom stereocenters. The first-order chi connectivity index (χ1) is 8.89. The average molecular weight is 324 g/mol. The largest absolute Gasteiger partial charge is 0.381 e. The van der Waals surface area contributed by atoms with Gasteiger partial charge in [-0.05, 0) is 18.9 Å². The van der Waals surface area contributed by atoms with Crippen LogP contribution in [0, 0.1) is 12.8 Å². The fourth-order valence-electron chi connectivity index (χ4n) is 1.94. The van der Waals surface area contributed by atoms with Crippen LogP contribution in [0.5, 0.6) is 0 Å². The zero-order chi connectivity index (χ0) is 14.0. The molecule has 2 rings (SSSR count). The molecule has 1 aromatic rings. The monoisotopic (exact) mass is 323 g/mol. The Morgan fingerprint density at radius 2 is 2.37 bits per heavy atom. The highest BCUT2D eigenvalue weighted by Gasteiger charge is 2.23. The van der Waals surface area contributed by atoms with Crippen molar-refractivity contribution in [2.24, 2.45) is 5.92 Å². The van der Waals surface area contributed by atoms with E-state index < -0.39 is 9.05 Å².